The van der Waals surface area contributed by atoms with E-state index in [0.717, 1.165) is 5.56 Å². The van der Waals surface area contributed by atoms with Crippen LogP contribution in [0.5, 0.6) is 0 Å². The van der Waals surface area contributed by atoms with Crippen LogP contribution in [0.1, 0.15) is 18.4 Å². The number of carbonyl (C=O) groups excluding carboxylic acids is 1. The summed E-state index contributed by atoms with van der Waals surface area (Å²) in [6.45, 7) is 0.906. The van der Waals surface area contributed by atoms with E-state index in [1.165, 1.54) is 4.90 Å². The van der Waals surface area contributed by atoms with Gasteiger partial charge in [-0.15, -0.1) is 0 Å². The maximum Gasteiger partial charge on any atom is 0.326 e. The van der Waals surface area contributed by atoms with Crippen molar-refractivity contribution in [1.82, 2.24) is 4.90 Å². The number of aliphatic carboxylic acids is 1. The number of amides is 1. The average molecular weight is 292 g/mol. The summed E-state index contributed by atoms with van der Waals surface area (Å²) in [4.78, 5) is 24.6. The van der Waals surface area contributed by atoms with Crippen LogP contribution in [0.4, 0.5) is 0 Å². The van der Waals surface area contributed by atoms with Gasteiger partial charge in [0.05, 0.1) is 13.2 Å². The van der Waals surface area contributed by atoms with Crippen molar-refractivity contribution >= 4 is 11.9 Å². The quantitative estimate of drug-likeness (QED) is 0.801. The number of carboxylic acids is 1. The summed E-state index contributed by atoms with van der Waals surface area (Å²) in [5.74, 6) is -1.33. The molecule has 1 aliphatic rings. The van der Waals surface area contributed by atoms with Gasteiger partial charge in [0, 0.05) is 6.54 Å². The number of ether oxygens (including phenoxy) is 1. The van der Waals surface area contributed by atoms with E-state index in [1.807, 2.05) is 30.3 Å². The van der Waals surface area contributed by atoms with Crippen LogP contribution in [0, 0.1) is 0 Å². The molecule has 1 aliphatic heterocycles. The second-order valence-corrected chi connectivity index (χ2v) is 5.14. The lowest BCUT2D eigenvalue weighted by atomic mass is 10.2. The molecule has 3 N–H and O–H groups in total. The summed E-state index contributed by atoms with van der Waals surface area (Å²) in [5.41, 5.74) is 6.82. The van der Waals surface area contributed by atoms with Crippen LogP contribution >= 0.6 is 0 Å². The van der Waals surface area contributed by atoms with E-state index in [-0.39, 0.29) is 12.5 Å². The molecule has 21 heavy (non-hydrogen) atoms. The Labute approximate surface area is 123 Å². The monoisotopic (exact) mass is 292 g/mol. The Bertz CT molecular complexity index is 492. The van der Waals surface area contributed by atoms with Gasteiger partial charge in [-0.25, -0.2) is 4.79 Å². The smallest absolute Gasteiger partial charge is 0.326 e. The summed E-state index contributed by atoms with van der Waals surface area (Å²) < 4.78 is 5.44. The Morgan fingerprint density at radius 3 is 2.76 bits per heavy atom. The molecule has 1 aromatic carbocycles. The third-order valence-electron chi connectivity index (χ3n) is 3.55. The highest BCUT2D eigenvalue weighted by Crippen LogP contribution is 2.18. The molecule has 2 atom stereocenters. The van der Waals surface area contributed by atoms with Crippen LogP contribution in [0.25, 0.3) is 0 Å². The number of rotatable bonds is 6. The van der Waals surface area contributed by atoms with Gasteiger partial charge < -0.3 is 20.5 Å². The minimum atomic E-state index is -0.974. The topological polar surface area (TPSA) is 92.9 Å². The molecule has 6 heteroatoms. The normalized spacial score (nSPS) is 19.5. The SMILES string of the molecule is NC(COCc1ccccc1)C(=O)N1CCCC1C(=O)O. The van der Waals surface area contributed by atoms with Crippen molar-refractivity contribution in [2.45, 2.75) is 31.5 Å². The van der Waals surface area contributed by atoms with Gasteiger partial charge in [0.15, 0.2) is 0 Å². The molecule has 1 aromatic rings. The molecule has 0 bridgehead atoms. The second kappa shape index (κ2) is 7.19. The van der Waals surface area contributed by atoms with E-state index >= 15 is 0 Å². The fraction of sp³-hybridized carbons (Fsp3) is 0.467. The Morgan fingerprint density at radius 1 is 1.38 bits per heavy atom. The Kier molecular flexibility index (Phi) is 5.30. The maximum absolute atomic E-state index is 12.2. The summed E-state index contributed by atoms with van der Waals surface area (Å²) >= 11 is 0. The molecule has 1 amide bonds. The van der Waals surface area contributed by atoms with Crippen molar-refractivity contribution < 1.29 is 19.4 Å². The molecule has 1 heterocycles. The van der Waals surface area contributed by atoms with Gasteiger partial charge in [0.25, 0.3) is 0 Å². The van der Waals surface area contributed by atoms with Gasteiger partial charge in [0.2, 0.25) is 5.91 Å². The minimum absolute atomic E-state index is 0.0799. The molecule has 0 aromatic heterocycles. The van der Waals surface area contributed by atoms with Crippen LogP contribution in [0.15, 0.2) is 30.3 Å². The van der Waals surface area contributed by atoms with E-state index in [4.69, 9.17) is 15.6 Å². The molecule has 1 fully saturated rings. The minimum Gasteiger partial charge on any atom is -0.480 e. The molecule has 2 unspecified atom stereocenters. The Hall–Kier alpha value is -1.92. The van der Waals surface area contributed by atoms with E-state index in [1.54, 1.807) is 0 Å². The van der Waals surface area contributed by atoms with E-state index in [0.29, 0.717) is 26.0 Å². The zero-order chi connectivity index (χ0) is 15.2. The molecule has 0 radical (unpaired) electrons. The second-order valence-electron chi connectivity index (χ2n) is 5.14. The van der Waals surface area contributed by atoms with E-state index in [9.17, 15) is 9.59 Å². The fourth-order valence-electron chi connectivity index (χ4n) is 2.45. The number of carboxylic acid groups (broad SMARTS) is 1. The van der Waals surface area contributed by atoms with Gasteiger partial charge in [-0.1, -0.05) is 30.3 Å². The van der Waals surface area contributed by atoms with Crippen LogP contribution in [-0.4, -0.2) is 47.1 Å². The lowest BCUT2D eigenvalue weighted by molar-refractivity contribution is -0.149. The summed E-state index contributed by atoms with van der Waals surface area (Å²) in [6, 6.07) is 8.00. The van der Waals surface area contributed by atoms with Crippen molar-refractivity contribution in [2.75, 3.05) is 13.2 Å². The van der Waals surface area contributed by atoms with E-state index in [2.05, 4.69) is 0 Å². The number of hydrogen-bond donors (Lipinski definition) is 2. The highest BCUT2D eigenvalue weighted by Gasteiger charge is 2.35. The highest BCUT2D eigenvalue weighted by molar-refractivity contribution is 5.87. The number of hydrogen-bond acceptors (Lipinski definition) is 4. The largest absolute Gasteiger partial charge is 0.480 e. The molecule has 0 saturated carbocycles. The van der Waals surface area contributed by atoms with Crippen molar-refractivity contribution in [3.63, 3.8) is 0 Å². The van der Waals surface area contributed by atoms with Crippen LogP contribution in [-0.2, 0) is 20.9 Å². The molecule has 6 nitrogen and oxygen atoms in total. The standard InChI is InChI=1S/C15H20N2O4/c16-12(10-21-9-11-5-2-1-3-6-11)14(18)17-8-4-7-13(17)15(19)20/h1-3,5-6,12-13H,4,7-10,16H2,(H,19,20). The number of nitrogens with zero attached hydrogens (tertiary/aromatic N) is 1. The average Bonchev–Trinajstić information content (AvgIpc) is 2.97. The number of likely N-dealkylation sites (tertiary alicyclic amines) is 1. The number of benzene rings is 1. The van der Waals surface area contributed by atoms with Crippen molar-refractivity contribution in [1.29, 1.82) is 0 Å². The van der Waals surface area contributed by atoms with Crippen LogP contribution in [0.2, 0.25) is 0 Å². The Morgan fingerprint density at radius 2 is 2.10 bits per heavy atom. The van der Waals surface area contributed by atoms with Gasteiger partial charge in [0.1, 0.15) is 12.1 Å². The number of carbonyl (C=O) groups is 2. The molecule has 114 valence electrons. The first-order valence-corrected chi connectivity index (χ1v) is 7.00. The van der Waals surface area contributed by atoms with Gasteiger partial charge in [-0.2, -0.15) is 0 Å². The first-order valence-electron chi connectivity index (χ1n) is 7.00. The maximum atomic E-state index is 12.2. The third-order valence-corrected chi connectivity index (χ3v) is 3.55. The predicted octanol–water partition coefficient (Wildman–Crippen LogP) is 0.606. The van der Waals surface area contributed by atoms with Crippen LogP contribution < -0.4 is 5.73 Å². The predicted molar refractivity (Wildman–Crippen MR) is 76.4 cm³/mol. The molecule has 2 rings (SSSR count). The van der Waals surface area contributed by atoms with Gasteiger partial charge >= 0.3 is 5.97 Å². The molecular formula is C15H20N2O4. The third kappa shape index (κ3) is 4.03. The summed E-state index contributed by atoms with van der Waals surface area (Å²) in [5, 5.41) is 9.07. The van der Waals surface area contributed by atoms with E-state index < -0.39 is 18.1 Å². The summed E-state index contributed by atoms with van der Waals surface area (Å²) in [6.07, 6.45) is 1.18. The lowest BCUT2D eigenvalue weighted by Crippen LogP contribution is -2.50. The zero-order valence-corrected chi connectivity index (χ0v) is 11.8. The molecule has 1 saturated heterocycles. The fourth-order valence-corrected chi connectivity index (χ4v) is 2.45. The zero-order valence-electron chi connectivity index (χ0n) is 11.8. The Balaban J connectivity index is 1.81. The highest BCUT2D eigenvalue weighted by atomic mass is 16.5. The summed E-state index contributed by atoms with van der Waals surface area (Å²) in [7, 11) is 0. The lowest BCUT2D eigenvalue weighted by Gasteiger charge is -2.24. The van der Waals surface area contributed by atoms with Gasteiger partial charge in [-0.3, -0.25) is 4.79 Å². The van der Waals surface area contributed by atoms with Crippen molar-refractivity contribution in [3.8, 4) is 0 Å². The number of nitrogens with two attached hydrogens (primary N) is 1. The first-order chi connectivity index (χ1) is 10.1. The van der Waals surface area contributed by atoms with Gasteiger partial charge in [-0.05, 0) is 18.4 Å². The molecular weight excluding hydrogens is 272 g/mol. The molecule has 0 spiro atoms. The molecule has 0 aliphatic carbocycles. The van der Waals surface area contributed by atoms with Crippen molar-refractivity contribution in [3.05, 3.63) is 35.9 Å². The van der Waals surface area contributed by atoms with Crippen LogP contribution in [0.3, 0.4) is 0 Å². The van der Waals surface area contributed by atoms with Crippen molar-refractivity contribution in [2.24, 2.45) is 5.73 Å². The first kappa shape index (κ1) is 15.5.